The molecular formula is C25H22N4O2S. The van der Waals surface area contributed by atoms with Crippen molar-refractivity contribution >= 4 is 22.7 Å². The predicted molar refractivity (Wildman–Crippen MR) is 127 cm³/mol. The van der Waals surface area contributed by atoms with Crippen LogP contribution in [0.25, 0.3) is 11.3 Å². The summed E-state index contributed by atoms with van der Waals surface area (Å²) in [5.41, 5.74) is 7.18. The highest BCUT2D eigenvalue weighted by molar-refractivity contribution is 7.07. The molecule has 2 aromatic carbocycles. The van der Waals surface area contributed by atoms with Gasteiger partial charge >= 0.3 is 0 Å². The summed E-state index contributed by atoms with van der Waals surface area (Å²) in [7, 11) is 0. The number of nitrogens with zero attached hydrogens (tertiary/aromatic N) is 4. The number of pyridine rings is 1. The quantitative estimate of drug-likeness (QED) is 0.394. The predicted octanol–water partition coefficient (Wildman–Crippen LogP) is 5.46. The van der Waals surface area contributed by atoms with Gasteiger partial charge < -0.3 is 9.47 Å². The second kappa shape index (κ2) is 8.43. The molecule has 0 bridgehead atoms. The van der Waals surface area contributed by atoms with Crippen LogP contribution in [0.2, 0.25) is 0 Å². The van der Waals surface area contributed by atoms with E-state index in [2.05, 4.69) is 42.4 Å². The first kappa shape index (κ1) is 20.2. The molecule has 4 aromatic rings. The van der Waals surface area contributed by atoms with Crippen molar-refractivity contribution in [2.24, 2.45) is 10.1 Å². The highest BCUT2D eigenvalue weighted by Crippen LogP contribution is 2.33. The molecule has 6 nitrogen and oxygen atoms in total. The minimum absolute atomic E-state index is 0.249. The summed E-state index contributed by atoms with van der Waals surface area (Å²) < 4.78 is 12.9. The van der Waals surface area contributed by atoms with E-state index in [0.29, 0.717) is 0 Å². The van der Waals surface area contributed by atoms with E-state index in [1.54, 1.807) is 23.7 Å². The van der Waals surface area contributed by atoms with Gasteiger partial charge in [-0.2, -0.15) is 5.10 Å². The summed E-state index contributed by atoms with van der Waals surface area (Å²) in [6.45, 7) is 6.48. The van der Waals surface area contributed by atoms with Crippen LogP contribution in [0.4, 0.5) is 5.69 Å². The highest BCUT2D eigenvalue weighted by atomic mass is 32.1. The summed E-state index contributed by atoms with van der Waals surface area (Å²) in [4.78, 5) is 9.75. The normalized spacial score (nSPS) is 13.6. The van der Waals surface area contributed by atoms with Crippen LogP contribution in [0.5, 0.6) is 11.5 Å². The van der Waals surface area contributed by atoms with Gasteiger partial charge in [-0.1, -0.05) is 12.1 Å². The molecule has 0 radical (unpaired) electrons. The Hall–Kier alpha value is -3.71. The summed E-state index contributed by atoms with van der Waals surface area (Å²) in [6, 6.07) is 16.1. The van der Waals surface area contributed by atoms with Gasteiger partial charge in [0.2, 0.25) is 11.6 Å². The number of benzene rings is 2. The number of aromatic nitrogens is 2. The Labute approximate surface area is 190 Å². The second-order valence-corrected chi connectivity index (χ2v) is 8.43. The maximum Gasteiger partial charge on any atom is 0.231 e. The van der Waals surface area contributed by atoms with Crippen LogP contribution in [0.15, 0.2) is 76.4 Å². The van der Waals surface area contributed by atoms with Crippen molar-refractivity contribution in [3.05, 3.63) is 87.8 Å². The molecule has 160 valence electrons. The van der Waals surface area contributed by atoms with Crippen molar-refractivity contribution in [2.45, 2.75) is 20.8 Å². The number of ether oxygens (including phenoxy) is 2. The van der Waals surface area contributed by atoms with Crippen molar-refractivity contribution in [1.29, 1.82) is 0 Å². The first-order valence-electron chi connectivity index (χ1n) is 10.3. The van der Waals surface area contributed by atoms with E-state index in [-0.39, 0.29) is 6.79 Å². The average molecular weight is 443 g/mol. The third-order valence-corrected chi connectivity index (χ3v) is 6.22. The lowest BCUT2D eigenvalue weighted by Crippen LogP contribution is -2.14. The van der Waals surface area contributed by atoms with Crippen LogP contribution in [0.1, 0.15) is 23.6 Å². The fourth-order valence-corrected chi connectivity index (χ4v) is 4.28. The zero-order valence-corrected chi connectivity index (χ0v) is 18.9. The molecule has 2 aromatic heterocycles. The first-order valence-corrected chi connectivity index (χ1v) is 11.1. The summed E-state index contributed by atoms with van der Waals surface area (Å²) in [6.07, 6.45) is 3.48. The van der Waals surface area contributed by atoms with Crippen molar-refractivity contribution in [3.63, 3.8) is 0 Å². The molecule has 3 heterocycles. The molecule has 0 atom stereocenters. The average Bonchev–Trinajstić information content (AvgIpc) is 3.43. The number of fused-ring (bicyclic) bond motifs is 1. The van der Waals surface area contributed by atoms with E-state index in [1.165, 1.54) is 11.1 Å². The van der Waals surface area contributed by atoms with Gasteiger partial charge in [0, 0.05) is 22.7 Å². The minimum atomic E-state index is 0.249. The van der Waals surface area contributed by atoms with E-state index >= 15 is 0 Å². The molecule has 0 aliphatic carbocycles. The van der Waals surface area contributed by atoms with Gasteiger partial charge in [0.25, 0.3) is 0 Å². The van der Waals surface area contributed by atoms with E-state index in [4.69, 9.17) is 19.6 Å². The van der Waals surface area contributed by atoms with Gasteiger partial charge in [-0.3, -0.25) is 4.98 Å². The van der Waals surface area contributed by atoms with Gasteiger partial charge in [-0.15, -0.1) is 11.3 Å². The van der Waals surface area contributed by atoms with Gasteiger partial charge in [0.1, 0.15) is 0 Å². The van der Waals surface area contributed by atoms with Crippen LogP contribution in [0, 0.1) is 13.8 Å². The van der Waals surface area contributed by atoms with Gasteiger partial charge in [-0.25, -0.2) is 9.67 Å². The largest absolute Gasteiger partial charge is 0.454 e. The Morgan fingerprint density at radius 1 is 1.03 bits per heavy atom. The highest BCUT2D eigenvalue weighted by Gasteiger charge is 2.15. The van der Waals surface area contributed by atoms with E-state index < -0.39 is 0 Å². The number of hydrogen-bond acceptors (Lipinski definition) is 6. The molecule has 7 heteroatoms. The molecule has 0 amide bonds. The van der Waals surface area contributed by atoms with Gasteiger partial charge in [0.05, 0.1) is 23.3 Å². The fraction of sp³-hybridized carbons (Fsp3) is 0.160. The Morgan fingerprint density at radius 3 is 2.72 bits per heavy atom. The molecule has 32 heavy (non-hydrogen) atoms. The number of hydrogen-bond donors (Lipinski definition) is 0. The lowest BCUT2D eigenvalue weighted by Gasteiger charge is -2.09. The zero-order chi connectivity index (χ0) is 22.1. The van der Waals surface area contributed by atoms with E-state index in [1.807, 2.05) is 41.9 Å². The van der Waals surface area contributed by atoms with Crippen LogP contribution >= 0.6 is 11.3 Å². The van der Waals surface area contributed by atoms with Crippen LogP contribution in [-0.4, -0.2) is 22.2 Å². The molecule has 0 saturated heterocycles. The standard InChI is InChI=1S/C25H22N4O2S/c1-16-6-7-20(11-17(16)2)22-14-32-25(27-21-5-4-10-26-13-21)29(22)28-18(3)19-8-9-23-24(12-19)31-15-30-23/h4-14H,15H2,1-3H3. The van der Waals surface area contributed by atoms with Crippen molar-refractivity contribution in [2.75, 3.05) is 6.79 Å². The lowest BCUT2D eigenvalue weighted by atomic mass is 10.1. The van der Waals surface area contributed by atoms with Crippen molar-refractivity contribution in [1.82, 2.24) is 9.66 Å². The monoisotopic (exact) mass is 442 g/mol. The topological polar surface area (TPSA) is 61.0 Å². The molecule has 0 fully saturated rings. The Morgan fingerprint density at radius 2 is 1.91 bits per heavy atom. The van der Waals surface area contributed by atoms with Crippen LogP contribution < -0.4 is 14.3 Å². The molecular weight excluding hydrogens is 420 g/mol. The molecule has 1 aliphatic heterocycles. The third kappa shape index (κ3) is 3.94. The second-order valence-electron chi connectivity index (χ2n) is 7.59. The van der Waals surface area contributed by atoms with E-state index in [0.717, 1.165) is 44.5 Å². The van der Waals surface area contributed by atoms with Crippen LogP contribution in [-0.2, 0) is 0 Å². The Bertz CT molecular complexity index is 1390. The van der Waals surface area contributed by atoms with Crippen molar-refractivity contribution < 1.29 is 9.47 Å². The zero-order valence-electron chi connectivity index (χ0n) is 18.1. The van der Waals surface area contributed by atoms with Crippen LogP contribution in [0.3, 0.4) is 0 Å². The molecule has 0 unspecified atom stereocenters. The molecule has 0 spiro atoms. The summed E-state index contributed by atoms with van der Waals surface area (Å²) in [5.74, 6) is 1.50. The molecule has 0 N–H and O–H groups in total. The van der Waals surface area contributed by atoms with Gasteiger partial charge in [-0.05, 0) is 68.3 Å². The fourth-order valence-electron chi connectivity index (χ4n) is 3.43. The molecule has 5 rings (SSSR count). The Balaban J connectivity index is 1.66. The number of aryl methyl sites for hydroxylation is 2. The Kier molecular flexibility index (Phi) is 5.33. The van der Waals surface area contributed by atoms with Gasteiger partial charge in [0.15, 0.2) is 11.5 Å². The number of thiazole rings is 1. The number of rotatable bonds is 4. The maximum absolute atomic E-state index is 5.54. The first-order chi connectivity index (χ1) is 15.6. The summed E-state index contributed by atoms with van der Waals surface area (Å²) in [5, 5.41) is 7.07. The third-order valence-electron chi connectivity index (χ3n) is 5.40. The summed E-state index contributed by atoms with van der Waals surface area (Å²) >= 11 is 1.55. The van der Waals surface area contributed by atoms with E-state index in [9.17, 15) is 0 Å². The molecule has 0 saturated carbocycles. The molecule has 1 aliphatic rings. The van der Waals surface area contributed by atoms with Crippen molar-refractivity contribution in [3.8, 4) is 22.8 Å². The minimum Gasteiger partial charge on any atom is -0.454 e. The lowest BCUT2D eigenvalue weighted by molar-refractivity contribution is 0.174. The smallest absolute Gasteiger partial charge is 0.231 e. The maximum atomic E-state index is 5.54. The SMILES string of the molecule is CC(=Nn1c(-c2ccc(C)c(C)c2)csc1=Nc1cccnc1)c1ccc2c(c1)OCO2.